The molecule has 1 aromatic heterocycles. The Bertz CT molecular complexity index is 1070. The van der Waals surface area contributed by atoms with E-state index in [1.165, 1.54) is 19.3 Å². The highest BCUT2D eigenvalue weighted by atomic mass is 16.5. The molecule has 2 fully saturated rings. The summed E-state index contributed by atoms with van der Waals surface area (Å²) >= 11 is 0. The molecule has 1 saturated carbocycles. The van der Waals surface area contributed by atoms with E-state index >= 15 is 0 Å². The lowest BCUT2D eigenvalue weighted by Gasteiger charge is -2.28. The Morgan fingerprint density at radius 2 is 1.94 bits per heavy atom. The van der Waals surface area contributed by atoms with Gasteiger partial charge in [0.05, 0.1) is 7.11 Å². The molecule has 2 heterocycles. The lowest BCUT2D eigenvalue weighted by Crippen LogP contribution is -2.45. The number of benzene rings is 2. The molecule has 1 aliphatic heterocycles. The molecule has 1 unspecified atom stereocenters. The second-order valence-electron chi connectivity index (χ2n) is 8.57. The fourth-order valence-electron chi connectivity index (χ4n) is 4.91. The van der Waals surface area contributed by atoms with Crippen molar-refractivity contribution < 1.29 is 13.9 Å². The molecule has 1 N–H and O–H groups in total. The standard InChI is InChI=1S/C25H29N3O3/c1-30-22-12-6-5-10-19(22)17-13-14-23-20(16-17)27-24(31-23)21-11-7-15-28(21)25(29)26-18-8-3-2-4-9-18/h5-6,10,12-14,16,18,21H,2-4,7-9,11,15H2,1H3,(H,26,29). The van der Waals surface area contributed by atoms with Gasteiger partial charge in [-0.1, -0.05) is 43.5 Å². The molecule has 3 aromatic rings. The third kappa shape index (κ3) is 3.99. The van der Waals surface area contributed by atoms with E-state index in [-0.39, 0.29) is 12.1 Å². The van der Waals surface area contributed by atoms with Crippen LogP contribution in [-0.4, -0.2) is 35.6 Å². The summed E-state index contributed by atoms with van der Waals surface area (Å²) < 4.78 is 11.6. The summed E-state index contributed by atoms with van der Waals surface area (Å²) in [6.07, 6.45) is 7.69. The minimum absolute atomic E-state index is 0.0198. The van der Waals surface area contributed by atoms with Crippen LogP contribution in [0.4, 0.5) is 4.79 Å². The topological polar surface area (TPSA) is 67.6 Å². The number of oxazole rings is 1. The third-order valence-electron chi connectivity index (χ3n) is 6.55. The van der Waals surface area contributed by atoms with E-state index in [9.17, 15) is 4.79 Å². The molecule has 6 heteroatoms. The van der Waals surface area contributed by atoms with Gasteiger partial charge in [-0.25, -0.2) is 9.78 Å². The van der Waals surface area contributed by atoms with Gasteiger partial charge in [-0.05, 0) is 49.4 Å². The maximum atomic E-state index is 13.0. The van der Waals surface area contributed by atoms with Crippen LogP contribution in [0.25, 0.3) is 22.2 Å². The molecule has 0 spiro atoms. The van der Waals surface area contributed by atoms with Crippen LogP contribution in [0.15, 0.2) is 46.9 Å². The lowest BCUT2D eigenvalue weighted by atomic mass is 9.96. The molecule has 1 aliphatic carbocycles. The minimum Gasteiger partial charge on any atom is -0.496 e. The molecule has 1 saturated heterocycles. The van der Waals surface area contributed by atoms with E-state index < -0.39 is 0 Å². The number of ether oxygens (including phenoxy) is 1. The molecule has 0 bridgehead atoms. The number of nitrogens with one attached hydrogen (secondary N) is 1. The largest absolute Gasteiger partial charge is 0.496 e. The van der Waals surface area contributed by atoms with Gasteiger partial charge in [0.25, 0.3) is 0 Å². The number of carbonyl (C=O) groups is 1. The van der Waals surface area contributed by atoms with Crippen molar-refractivity contribution in [1.82, 2.24) is 15.2 Å². The number of hydrogen-bond acceptors (Lipinski definition) is 4. The molecule has 1 atom stereocenters. The molecular weight excluding hydrogens is 390 g/mol. The number of rotatable bonds is 4. The number of likely N-dealkylation sites (tertiary alicyclic amines) is 1. The first-order valence-corrected chi connectivity index (χ1v) is 11.3. The zero-order valence-corrected chi connectivity index (χ0v) is 18.0. The number of nitrogens with zero attached hydrogens (tertiary/aromatic N) is 2. The van der Waals surface area contributed by atoms with Crippen molar-refractivity contribution in [2.45, 2.75) is 57.0 Å². The normalized spacial score (nSPS) is 19.6. The van der Waals surface area contributed by atoms with E-state index in [0.717, 1.165) is 60.2 Å². The fourth-order valence-corrected chi connectivity index (χ4v) is 4.91. The van der Waals surface area contributed by atoms with Crippen LogP contribution in [0.3, 0.4) is 0 Å². The van der Waals surface area contributed by atoms with E-state index in [4.69, 9.17) is 14.1 Å². The van der Waals surface area contributed by atoms with Crippen LogP contribution in [0.5, 0.6) is 5.75 Å². The van der Waals surface area contributed by atoms with E-state index in [0.29, 0.717) is 11.9 Å². The number of amides is 2. The monoisotopic (exact) mass is 419 g/mol. The molecule has 2 aromatic carbocycles. The van der Waals surface area contributed by atoms with Crippen LogP contribution in [0, 0.1) is 0 Å². The van der Waals surface area contributed by atoms with Crippen LogP contribution in [0.2, 0.25) is 0 Å². The van der Waals surface area contributed by atoms with Gasteiger partial charge in [0, 0.05) is 18.2 Å². The Morgan fingerprint density at radius 1 is 1.10 bits per heavy atom. The molecular formula is C25H29N3O3. The second-order valence-corrected chi connectivity index (χ2v) is 8.57. The van der Waals surface area contributed by atoms with Crippen LogP contribution in [-0.2, 0) is 0 Å². The summed E-state index contributed by atoms with van der Waals surface area (Å²) in [5.41, 5.74) is 3.60. The SMILES string of the molecule is COc1ccccc1-c1ccc2oc(C3CCCN3C(=O)NC3CCCCC3)nc2c1. The first-order valence-electron chi connectivity index (χ1n) is 11.3. The number of carbonyl (C=O) groups excluding carboxylic acids is 1. The summed E-state index contributed by atoms with van der Waals surface area (Å²) in [5, 5.41) is 3.24. The minimum atomic E-state index is -0.106. The van der Waals surface area contributed by atoms with Crippen LogP contribution < -0.4 is 10.1 Å². The number of urea groups is 1. The number of hydrogen-bond donors (Lipinski definition) is 1. The maximum Gasteiger partial charge on any atom is 0.318 e. The van der Waals surface area contributed by atoms with Crippen molar-refractivity contribution in [2.24, 2.45) is 0 Å². The summed E-state index contributed by atoms with van der Waals surface area (Å²) in [6.45, 7) is 0.744. The van der Waals surface area contributed by atoms with Crippen LogP contribution >= 0.6 is 0 Å². The van der Waals surface area contributed by atoms with Crippen LogP contribution in [0.1, 0.15) is 56.9 Å². The van der Waals surface area contributed by atoms with Gasteiger partial charge < -0.3 is 19.4 Å². The van der Waals surface area contributed by atoms with Crippen molar-refractivity contribution in [3.63, 3.8) is 0 Å². The van der Waals surface area contributed by atoms with Crippen molar-refractivity contribution in [1.29, 1.82) is 0 Å². The number of para-hydroxylation sites is 1. The fraction of sp³-hybridized carbons (Fsp3) is 0.440. The molecule has 2 amide bonds. The molecule has 162 valence electrons. The lowest BCUT2D eigenvalue weighted by molar-refractivity contribution is 0.178. The highest BCUT2D eigenvalue weighted by molar-refractivity contribution is 5.82. The zero-order valence-electron chi connectivity index (χ0n) is 18.0. The van der Waals surface area contributed by atoms with Gasteiger partial charge in [0.15, 0.2) is 5.58 Å². The molecule has 2 aliphatic rings. The molecule has 5 rings (SSSR count). The Balaban J connectivity index is 1.38. The highest BCUT2D eigenvalue weighted by Crippen LogP contribution is 2.36. The van der Waals surface area contributed by atoms with Crippen molar-refractivity contribution >= 4 is 17.1 Å². The van der Waals surface area contributed by atoms with Gasteiger partial charge in [0.2, 0.25) is 5.89 Å². The highest BCUT2D eigenvalue weighted by Gasteiger charge is 2.34. The van der Waals surface area contributed by atoms with Gasteiger partial charge in [-0.2, -0.15) is 0 Å². The number of methoxy groups -OCH3 is 1. The first-order chi connectivity index (χ1) is 15.2. The maximum absolute atomic E-state index is 13.0. The third-order valence-corrected chi connectivity index (χ3v) is 6.55. The Hall–Kier alpha value is -3.02. The van der Waals surface area contributed by atoms with E-state index in [1.807, 2.05) is 47.4 Å². The van der Waals surface area contributed by atoms with Gasteiger partial charge in [-0.15, -0.1) is 0 Å². The molecule has 0 radical (unpaired) electrons. The average molecular weight is 420 g/mol. The van der Waals surface area contributed by atoms with Gasteiger partial charge in [0.1, 0.15) is 17.3 Å². The summed E-state index contributed by atoms with van der Waals surface area (Å²) in [6, 6.07) is 14.2. The predicted molar refractivity (Wildman–Crippen MR) is 120 cm³/mol. The smallest absolute Gasteiger partial charge is 0.318 e. The zero-order chi connectivity index (χ0) is 21.2. The van der Waals surface area contributed by atoms with Crippen molar-refractivity contribution in [3.05, 3.63) is 48.4 Å². The molecule has 31 heavy (non-hydrogen) atoms. The van der Waals surface area contributed by atoms with Crippen molar-refractivity contribution in [3.8, 4) is 16.9 Å². The van der Waals surface area contributed by atoms with Crippen molar-refractivity contribution in [2.75, 3.05) is 13.7 Å². The number of aromatic nitrogens is 1. The molecule has 6 nitrogen and oxygen atoms in total. The van der Waals surface area contributed by atoms with E-state index in [1.54, 1.807) is 7.11 Å². The average Bonchev–Trinajstić information content (AvgIpc) is 3.46. The quantitative estimate of drug-likeness (QED) is 0.590. The first kappa shape index (κ1) is 19.9. The van der Waals surface area contributed by atoms with E-state index in [2.05, 4.69) is 5.32 Å². The van der Waals surface area contributed by atoms with Gasteiger partial charge >= 0.3 is 6.03 Å². The summed E-state index contributed by atoms with van der Waals surface area (Å²) in [5.74, 6) is 1.45. The summed E-state index contributed by atoms with van der Waals surface area (Å²) in [4.78, 5) is 19.6. The predicted octanol–water partition coefficient (Wildman–Crippen LogP) is 5.68. The Labute approximate surface area is 182 Å². The van der Waals surface area contributed by atoms with Gasteiger partial charge in [-0.3, -0.25) is 0 Å². The second kappa shape index (κ2) is 8.61. The number of fused-ring (bicyclic) bond motifs is 1. The Morgan fingerprint density at radius 3 is 2.77 bits per heavy atom. The Kier molecular flexibility index (Phi) is 5.53. The summed E-state index contributed by atoms with van der Waals surface area (Å²) in [7, 11) is 1.68.